The highest BCUT2D eigenvalue weighted by molar-refractivity contribution is 7.89. The number of nitrogens with zero attached hydrogens (tertiary/aromatic N) is 5. The lowest BCUT2D eigenvalue weighted by Crippen LogP contribution is -2.34. The van der Waals surface area contributed by atoms with E-state index in [-0.39, 0.29) is 35.8 Å². The normalized spacial score (nSPS) is 22.4. The number of hydrogen-bond acceptors (Lipinski definition) is 9. The van der Waals surface area contributed by atoms with Gasteiger partial charge in [-0.05, 0) is 29.4 Å². The Hall–Kier alpha value is -2.37. The van der Waals surface area contributed by atoms with E-state index in [4.69, 9.17) is 4.52 Å². The summed E-state index contributed by atoms with van der Waals surface area (Å²) < 4.78 is 36.6. The van der Waals surface area contributed by atoms with Crippen molar-refractivity contribution >= 4 is 21.1 Å². The molecule has 1 aliphatic heterocycles. The van der Waals surface area contributed by atoms with Crippen molar-refractivity contribution in [3.8, 4) is 0 Å². The van der Waals surface area contributed by atoms with Gasteiger partial charge in [-0.3, -0.25) is 0 Å². The van der Waals surface area contributed by atoms with Crippen LogP contribution in [0.2, 0.25) is 0 Å². The van der Waals surface area contributed by atoms with Crippen molar-refractivity contribution in [2.24, 2.45) is 0 Å². The van der Waals surface area contributed by atoms with Crippen LogP contribution in [0.25, 0.3) is 11.0 Å². The lowest BCUT2D eigenvalue weighted by Gasteiger charge is -2.19. The second-order valence-electron chi connectivity index (χ2n) is 5.66. The summed E-state index contributed by atoms with van der Waals surface area (Å²) in [7, 11) is -3.89. The molecule has 1 fully saturated rings. The molecule has 1 saturated heterocycles. The maximum absolute atomic E-state index is 12.9. The second-order valence-corrected chi connectivity index (χ2v) is 7.56. The number of rotatable bonds is 3. The topological polar surface area (TPSA) is 135 Å². The molecular formula is C13H13N5O5S. The van der Waals surface area contributed by atoms with E-state index in [1.807, 2.05) is 0 Å². The van der Waals surface area contributed by atoms with Gasteiger partial charge >= 0.3 is 0 Å². The molecule has 0 amide bonds. The summed E-state index contributed by atoms with van der Waals surface area (Å²) >= 11 is 0. The van der Waals surface area contributed by atoms with Gasteiger partial charge in [-0.2, -0.15) is 9.29 Å². The van der Waals surface area contributed by atoms with Gasteiger partial charge in [0.25, 0.3) is 5.89 Å². The third kappa shape index (κ3) is 2.20. The molecule has 0 aliphatic carbocycles. The van der Waals surface area contributed by atoms with Gasteiger partial charge in [-0.15, -0.1) is 0 Å². The fourth-order valence-corrected chi connectivity index (χ4v) is 4.38. The Morgan fingerprint density at radius 1 is 1.29 bits per heavy atom. The number of fused-ring (bicyclic) bond motifs is 1. The van der Waals surface area contributed by atoms with Crippen LogP contribution in [0.5, 0.6) is 0 Å². The molecule has 126 valence electrons. The summed E-state index contributed by atoms with van der Waals surface area (Å²) in [6.07, 6.45) is 0.154. The fraction of sp³-hybridized carbons (Fsp3) is 0.385. The van der Waals surface area contributed by atoms with E-state index in [0.29, 0.717) is 11.3 Å². The molecule has 1 aliphatic rings. The molecule has 3 heterocycles. The van der Waals surface area contributed by atoms with Crippen LogP contribution >= 0.6 is 0 Å². The standard InChI is InChI=1S/C13H13N5O5S/c1-8-14-12(22-15-8)13(19)5-6-18(7-13)24(20,21)10-4-2-3-9-11(10)17-23-16-9/h2-4,19H,5-7H2,1H3. The van der Waals surface area contributed by atoms with Gasteiger partial charge in [0.15, 0.2) is 16.9 Å². The molecule has 24 heavy (non-hydrogen) atoms. The molecule has 1 N–H and O–H groups in total. The zero-order valence-electron chi connectivity index (χ0n) is 12.6. The average Bonchev–Trinajstić information content (AvgIpc) is 3.26. The minimum atomic E-state index is -3.89. The molecule has 0 radical (unpaired) electrons. The monoisotopic (exact) mass is 351 g/mol. The number of hydrogen-bond donors (Lipinski definition) is 1. The molecule has 11 heteroatoms. The van der Waals surface area contributed by atoms with Crippen molar-refractivity contribution in [2.75, 3.05) is 13.1 Å². The van der Waals surface area contributed by atoms with Gasteiger partial charge in [-0.1, -0.05) is 11.2 Å². The van der Waals surface area contributed by atoms with Crippen molar-refractivity contribution in [2.45, 2.75) is 23.8 Å². The minimum absolute atomic E-state index is 0.0130. The SMILES string of the molecule is Cc1noc(C2(O)CCN(S(=O)(=O)c3cccc4nonc34)C2)n1. The number of sulfonamides is 1. The quantitative estimate of drug-likeness (QED) is 0.701. The molecule has 0 spiro atoms. The van der Waals surface area contributed by atoms with E-state index in [1.54, 1.807) is 19.1 Å². The molecule has 1 atom stereocenters. The molecule has 10 nitrogen and oxygen atoms in total. The molecular weight excluding hydrogens is 338 g/mol. The Labute approximate surface area is 136 Å². The molecule has 3 aromatic rings. The van der Waals surface area contributed by atoms with Crippen LogP contribution < -0.4 is 0 Å². The predicted molar refractivity (Wildman–Crippen MR) is 78.1 cm³/mol. The van der Waals surface area contributed by atoms with Crippen LogP contribution in [0, 0.1) is 6.92 Å². The Balaban J connectivity index is 1.70. The van der Waals surface area contributed by atoms with E-state index in [1.165, 1.54) is 6.07 Å². The number of β-amino-alcohol motifs (C(OH)–C–C–N with tert-alkyl or cyclic N) is 1. The zero-order valence-corrected chi connectivity index (χ0v) is 13.4. The lowest BCUT2D eigenvalue weighted by atomic mass is 10.0. The third-order valence-corrected chi connectivity index (χ3v) is 5.88. The van der Waals surface area contributed by atoms with Crippen molar-refractivity contribution in [3.05, 3.63) is 29.9 Å². The third-order valence-electron chi connectivity index (χ3n) is 4.01. The average molecular weight is 351 g/mol. The van der Waals surface area contributed by atoms with Gasteiger partial charge in [0.05, 0.1) is 6.54 Å². The summed E-state index contributed by atoms with van der Waals surface area (Å²) in [4.78, 5) is 3.99. The first-order valence-corrected chi connectivity index (χ1v) is 8.59. The van der Waals surface area contributed by atoms with Crippen LogP contribution in [0.4, 0.5) is 0 Å². The van der Waals surface area contributed by atoms with Crippen LogP contribution in [0.3, 0.4) is 0 Å². The highest BCUT2D eigenvalue weighted by Gasteiger charge is 2.47. The van der Waals surface area contributed by atoms with Crippen molar-refractivity contribution in [1.82, 2.24) is 24.8 Å². The van der Waals surface area contributed by atoms with Crippen molar-refractivity contribution in [1.29, 1.82) is 0 Å². The molecule has 1 unspecified atom stereocenters. The molecule has 1 aromatic carbocycles. The second kappa shape index (κ2) is 5.06. The van der Waals surface area contributed by atoms with E-state index >= 15 is 0 Å². The fourth-order valence-electron chi connectivity index (χ4n) is 2.75. The summed E-state index contributed by atoms with van der Waals surface area (Å²) in [6, 6.07) is 4.59. The number of benzene rings is 1. The van der Waals surface area contributed by atoms with Gasteiger partial charge in [-0.25, -0.2) is 13.0 Å². The first-order valence-electron chi connectivity index (χ1n) is 7.15. The van der Waals surface area contributed by atoms with Crippen LogP contribution in [-0.4, -0.2) is 51.4 Å². The molecule has 2 aromatic heterocycles. The number of aryl methyl sites for hydroxylation is 1. The highest BCUT2D eigenvalue weighted by atomic mass is 32.2. The zero-order chi connectivity index (χ0) is 16.9. The van der Waals surface area contributed by atoms with Gasteiger partial charge in [0.2, 0.25) is 10.0 Å². The lowest BCUT2D eigenvalue weighted by molar-refractivity contribution is 0.0194. The van der Waals surface area contributed by atoms with Gasteiger partial charge < -0.3 is 9.63 Å². The summed E-state index contributed by atoms with van der Waals surface area (Å²) in [5.74, 6) is 0.386. The van der Waals surface area contributed by atoms with E-state index in [2.05, 4.69) is 25.1 Å². The maximum Gasteiger partial charge on any atom is 0.260 e. The first kappa shape index (κ1) is 15.2. The van der Waals surface area contributed by atoms with Crippen molar-refractivity contribution < 1.29 is 22.7 Å². The summed E-state index contributed by atoms with van der Waals surface area (Å²) in [6.45, 7) is 1.55. The van der Waals surface area contributed by atoms with Crippen LogP contribution in [-0.2, 0) is 15.6 Å². The van der Waals surface area contributed by atoms with Crippen molar-refractivity contribution in [3.63, 3.8) is 0 Å². The molecule has 4 rings (SSSR count). The highest BCUT2D eigenvalue weighted by Crippen LogP contribution is 2.35. The minimum Gasteiger partial charge on any atom is -0.379 e. The Morgan fingerprint density at radius 2 is 2.12 bits per heavy atom. The smallest absolute Gasteiger partial charge is 0.260 e. The first-order chi connectivity index (χ1) is 11.4. The Kier molecular flexibility index (Phi) is 3.20. The summed E-state index contributed by atoms with van der Waals surface area (Å²) in [5.41, 5.74) is -1.01. The van der Waals surface area contributed by atoms with E-state index in [9.17, 15) is 13.5 Å². The van der Waals surface area contributed by atoms with Crippen LogP contribution in [0.1, 0.15) is 18.1 Å². The number of aliphatic hydroxyl groups is 1. The van der Waals surface area contributed by atoms with E-state index < -0.39 is 15.6 Å². The number of aromatic nitrogens is 4. The molecule has 0 saturated carbocycles. The Bertz CT molecular complexity index is 1010. The predicted octanol–water partition coefficient (Wildman–Crippen LogP) is 0.196. The Morgan fingerprint density at radius 3 is 2.88 bits per heavy atom. The molecule has 0 bridgehead atoms. The maximum atomic E-state index is 12.9. The summed E-state index contributed by atoms with van der Waals surface area (Å²) in [5, 5.41) is 21.6. The van der Waals surface area contributed by atoms with E-state index in [0.717, 1.165) is 4.31 Å². The van der Waals surface area contributed by atoms with Gasteiger partial charge in [0.1, 0.15) is 10.4 Å². The largest absolute Gasteiger partial charge is 0.379 e. The van der Waals surface area contributed by atoms with Gasteiger partial charge in [0, 0.05) is 13.0 Å². The van der Waals surface area contributed by atoms with Crippen LogP contribution in [0.15, 0.2) is 32.2 Å².